The zero-order valence-corrected chi connectivity index (χ0v) is 10.6. The first-order chi connectivity index (χ1) is 6.66. The first-order valence-electron chi connectivity index (χ1n) is 4.39. The molecule has 0 atom stereocenters. The van der Waals surface area contributed by atoms with Crippen LogP contribution >= 0.6 is 34.5 Å². The second kappa shape index (κ2) is 4.96. The maximum Gasteiger partial charge on any atom is 0.0907 e. The van der Waals surface area contributed by atoms with E-state index in [0.717, 1.165) is 15.2 Å². The second-order valence-corrected chi connectivity index (χ2v) is 4.52. The van der Waals surface area contributed by atoms with Gasteiger partial charge in [0.1, 0.15) is 0 Å². The Labute approximate surface area is 97.7 Å². The van der Waals surface area contributed by atoms with Gasteiger partial charge in [0, 0.05) is 0 Å². The summed E-state index contributed by atoms with van der Waals surface area (Å²) < 4.78 is 1.09. The summed E-state index contributed by atoms with van der Waals surface area (Å²) in [5.74, 6) is 0. The van der Waals surface area contributed by atoms with Gasteiger partial charge in [-0.1, -0.05) is 37.0 Å². The minimum atomic E-state index is 0.564. The molecule has 1 aromatic carbocycles. The highest BCUT2D eigenvalue weighted by molar-refractivity contribution is 7.18. The molecule has 0 spiro atoms. The molecule has 0 aliphatic heterocycles. The molecule has 2 aromatic rings. The number of hydrogen-bond donors (Lipinski definition) is 0. The van der Waals surface area contributed by atoms with Crippen LogP contribution in [0.4, 0.5) is 0 Å². The Bertz CT molecular complexity index is 398. The quantitative estimate of drug-likeness (QED) is 0.643. The zero-order chi connectivity index (χ0) is 10.7. The van der Waals surface area contributed by atoms with Crippen LogP contribution in [0.1, 0.15) is 18.9 Å². The van der Waals surface area contributed by atoms with Crippen LogP contribution in [0.25, 0.3) is 10.2 Å². The summed E-state index contributed by atoms with van der Waals surface area (Å²) in [6.07, 6.45) is 0. The Kier molecular flexibility index (Phi) is 4.17. The highest BCUT2D eigenvalue weighted by atomic mass is 35.5. The normalized spacial score (nSPS) is 9.79. The van der Waals surface area contributed by atoms with Crippen LogP contribution in [0.3, 0.4) is 0 Å². The molecule has 0 bridgehead atoms. The van der Waals surface area contributed by atoms with Gasteiger partial charge >= 0.3 is 0 Å². The highest BCUT2D eigenvalue weighted by Crippen LogP contribution is 2.30. The number of thiazole rings is 1. The number of hydrogen-bond acceptors (Lipinski definition) is 2. The van der Waals surface area contributed by atoms with E-state index in [1.54, 1.807) is 17.4 Å². The Morgan fingerprint density at radius 1 is 1.14 bits per heavy atom. The Balaban J connectivity index is 0.000000461. The molecule has 0 saturated carbocycles. The summed E-state index contributed by atoms with van der Waals surface area (Å²) in [7, 11) is 0. The third-order valence-electron chi connectivity index (χ3n) is 1.54. The summed E-state index contributed by atoms with van der Waals surface area (Å²) in [5.41, 5.74) is 0.923. The Hall–Kier alpha value is -0.310. The number of aryl methyl sites for hydroxylation is 1. The number of aromatic nitrogens is 1. The van der Waals surface area contributed by atoms with Gasteiger partial charge in [0.05, 0.1) is 25.3 Å². The molecule has 14 heavy (non-hydrogen) atoms. The fraction of sp³-hybridized carbons (Fsp3) is 0.300. The summed E-state index contributed by atoms with van der Waals surface area (Å²) in [4.78, 5) is 4.29. The SMILES string of the molecule is CC.Cc1nc2cc(Cl)c(Cl)cc2s1. The minimum Gasteiger partial charge on any atom is -0.241 e. The van der Waals surface area contributed by atoms with Gasteiger partial charge in [-0.15, -0.1) is 11.3 Å². The van der Waals surface area contributed by atoms with E-state index in [-0.39, 0.29) is 0 Å². The molecule has 4 heteroatoms. The molecular weight excluding hydrogens is 237 g/mol. The smallest absolute Gasteiger partial charge is 0.0907 e. The maximum atomic E-state index is 5.84. The monoisotopic (exact) mass is 247 g/mol. The zero-order valence-electron chi connectivity index (χ0n) is 8.27. The number of halogens is 2. The van der Waals surface area contributed by atoms with E-state index < -0.39 is 0 Å². The van der Waals surface area contributed by atoms with E-state index in [2.05, 4.69) is 4.98 Å². The maximum absolute atomic E-state index is 5.84. The van der Waals surface area contributed by atoms with Gasteiger partial charge < -0.3 is 0 Å². The van der Waals surface area contributed by atoms with Crippen LogP contribution in [0, 0.1) is 6.92 Å². The van der Waals surface area contributed by atoms with Crippen molar-refractivity contribution >= 4 is 44.8 Å². The number of nitrogens with zero attached hydrogens (tertiary/aromatic N) is 1. The van der Waals surface area contributed by atoms with Gasteiger partial charge in [-0.2, -0.15) is 0 Å². The molecule has 0 amide bonds. The molecule has 1 heterocycles. The van der Waals surface area contributed by atoms with E-state index in [1.807, 2.05) is 26.8 Å². The van der Waals surface area contributed by atoms with Crippen molar-refractivity contribution in [1.29, 1.82) is 0 Å². The van der Waals surface area contributed by atoms with Crippen molar-refractivity contribution in [1.82, 2.24) is 4.98 Å². The van der Waals surface area contributed by atoms with Crippen molar-refractivity contribution in [2.24, 2.45) is 0 Å². The van der Waals surface area contributed by atoms with Crippen LogP contribution < -0.4 is 0 Å². The first kappa shape index (κ1) is 11.8. The topological polar surface area (TPSA) is 12.9 Å². The lowest BCUT2D eigenvalue weighted by molar-refractivity contribution is 1.35. The number of fused-ring (bicyclic) bond motifs is 1. The van der Waals surface area contributed by atoms with E-state index in [9.17, 15) is 0 Å². The van der Waals surface area contributed by atoms with Gasteiger partial charge in [-0.25, -0.2) is 4.98 Å². The van der Waals surface area contributed by atoms with E-state index in [0.29, 0.717) is 10.0 Å². The van der Waals surface area contributed by atoms with Crippen molar-refractivity contribution in [3.05, 3.63) is 27.2 Å². The van der Waals surface area contributed by atoms with Gasteiger partial charge in [0.25, 0.3) is 0 Å². The average Bonchev–Trinajstić information content (AvgIpc) is 2.49. The average molecular weight is 248 g/mol. The van der Waals surface area contributed by atoms with Crippen LogP contribution in [-0.2, 0) is 0 Å². The largest absolute Gasteiger partial charge is 0.241 e. The summed E-state index contributed by atoms with van der Waals surface area (Å²) in [6.45, 7) is 5.96. The number of rotatable bonds is 0. The molecule has 0 aliphatic carbocycles. The lowest BCUT2D eigenvalue weighted by atomic mass is 10.3. The molecule has 1 aromatic heterocycles. The Morgan fingerprint density at radius 3 is 2.36 bits per heavy atom. The van der Waals surface area contributed by atoms with Gasteiger partial charge in [0.2, 0.25) is 0 Å². The molecule has 0 radical (unpaired) electrons. The molecule has 0 N–H and O–H groups in total. The van der Waals surface area contributed by atoms with Crippen molar-refractivity contribution in [3.63, 3.8) is 0 Å². The fourth-order valence-electron chi connectivity index (χ4n) is 1.04. The molecule has 2 rings (SSSR count). The molecule has 0 fully saturated rings. The highest BCUT2D eigenvalue weighted by Gasteiger charge is 2.04. The third-order valence-corrected chi connectivity index (χ3v) is 3.19. The molecule has 0 saturated heterocycles. The summed E-state index contributed by atoms with van der Waals surface area (Å²) in [5, 5.41) is 2.19. The molecule has 0 aliphatic rings. The second-order valence-electron chi connectivity index (χ2n) is 2.47. The van der Waals surface area contributed by atoms with Crippen LogP contribution in [0.5, 0.6) is 0 Å². The predicted octanol–water partition coefficient (Wildman–Crippen LogP) is 4.94. The van der Waals surface area contributed by atoms with Crippen LogP contribution in [0.2, 0.25) is 10.0 Å². The first-order valence-corrected chi connectivity index (χ1v) is 5.96. The lowest BCUT2D eigenvalue weighted by Crippen LogP contribution is -1.70. The van der Waals surface area contributed by atoms with Crippen LogP contribution in [0.15, 0.2) is 12.1 Å². The predicted molar refractivity (Wildman–Crippen MR) is 65.7 cm³/mol. The molecule has 0 unspecified atom stereocenters. The standard InChI is InChI=1S/C8H5Cl2NS.C2H6/c1-4-11-7-2-5(9)6(10)3-8(7)12-4;1-2/h2-3H,1H3;1-2H3. The lowest BCUT2D eigenvalue weighted by Gasteiger charge is -1.92. The fourth-order valence-corrected chi connectivity index (χ4v) is 2.27. The van der Waals surface area contributed by atoms with Crippen molar-refractivity contribution in [2.75, 3.05) is 0 Å². The Morgan fingerprint density at radius 2 is 1.71 bits per heavy atom. The van der Waals surface area contributed by atoms with Crippen molar-refractivity contribution in [3.8, 4) is 0 Å². The minimum absolute atomic E-state index is 0.564. The molecule has 1 nitrogen and oxygen atoms in total. The number of benzene rings is 1. The van der Waals surface area contributed by atoms with E-state index in [1.165, 1.54) is 0 Å². The molecular formula is C10H11Cl2NS. The van der Waals surface area contributed by atoms with Crippen molar-refractivity contribution < 1.29 is 0 Å². The van der Waals surface area contributed by atoms with Gasteiger partial charge in [-0.3, -0.25) is 0 Å². The third kappa shape index (κ3) is 2.38. The van der Waals surface area contributed by atoms with E-state index in [4.69, 9.17) is 23.2 Å². The van der Waals surface area contributed by atoms with Gasteiger partial charge in [-0.05, 0) is 19.1 Å². The van der Waals surface area contributed by atoms with E-state index >= 15 is 0 Å². The van der Waals surface area contributed by atoms with Gasteiger partial charge in [0.15, 0.2) is 0 Å². The summed E-state index contributed by atoms with van der Waals surface area (Å²) >= 11 is 13.3. The van der Waals surface area contributed by atoms with Crippen LogP contribution in [-0.4, -0.2) is 4.98 Å². The summed E-state index contributed by atoms with van der Waals surface area (Å²) in [6, 6.07) is 3.65. The molecule has 76 valence electrons. The van der Waals surface area contributed by atoms with Crippen molar-refractivity contribution in [2.45, 2.75) is 20.8 Å².